The van der Waals surface area contributed by atoms with Crippen LogP contribution in [-0.4, -0.2) is 90.1 Å². The van der Waals surface area contributed by atoms with Gasteiger partial charge in [0.25, 0.3) is 0 Å². The lowest BCUT2D eigenvalue weighted by molar-refractivity contribution is -0.142. The molecule has 4 amide bonds. The molecule has 12 nitrogen and oxygen atoms in total. The molecule has 6 rings (SSSR count). The molecule has 0 unspecified atom stereocenters. The van der Waals surface area contributed by atoms with Crippen molar-refractivity contribution in [3.05, 3.63) is 59.7 Å². The van der Waals surface area contributed by atoms with Gasteiger partial charge in [0.2, 0.25) is 17.7 Å². The molecule has 1 atom stereocenters. The van der Waals surface area contributed by atoms with Crippen molar-refractivity contribution < 1.29 is 38.6 Å². The van der Waals surface area contributed by atoms with Gasteiger partial charge < -0.3 is 30.1 Å². The number of amides is 4. The number of benzene rings is 2. The first-order chi connectivity index (χ1) is 20.2. The second kappa shape index (κ2) is 12.5. The van der Waals surface area contributed by atoms with Crippen LogP contribution >= 0.6 is 0 Å². The standard InChI is InChI=1S/C30H34N4O8/c35-25-8-11-31-28(39)30(9-12-33(13-10-30)26(36)19-34-14-15-41-29(34)40)18-21-2-1-3-23(16-21)42-22-6-4-20(5-7-22)17-24(32-25)27(37)38/h1-7,16,24H,8-15,17-19H2,(H,31,39)(H,32,35)(H,37,38)/t24-/m0/s1. The number of carbonyl (C=O) groups excluding carboxylic acids is 4. The Hall–Kier alpha value is -4.61. The summed E-state index contributed by atoms with van der Waals surface area (Å²) in [6.07, 6.45) is 0.675. The summed E-state index contributed by atoms with van der Waals surface area (Å²) in [5.41, 5.74) is 0.766. The van der Waals surface area contributed by atoms with Gasteiger partial charge in [-0.1, -0.05) is 24.3 Å². The number of nitrogens with zero attached hydrogens (tertiary/aromatic N) is 2. The normalized spacial score (nSPS) is 21.0. The van der Waals surface area contributed by atoms with Gasteiger partial charge in [0.1, 0.15) is 30.7 Å². The lowest BCUT2D eigenvalue weighted by Crippen LogP contribution is -2.53. The fourth-order valence-electron chi connectivity index (χ4n) is 5.62. The first-order valence-electron chi connectivity index (χ1n) is 14.1. The van der Waals surface area contributed by atoms with E-state index in [0.29, 0.717) is 50.4 Å². The predicted molar refractivity (Wildman–Crippen MR) is 149 cm³/mol. The lowest BCUT2D eigenvalue weighted by Gasteiger charge is -2.41. The number of cyclic esters (lactones) is 1. The van der Waals surface area contributed by atoms with Crippen LogP contribution in [0.5, 0.6) is 11.5 Å². The van der Waals surface area contributed by atoms with Gasteiger partial charge in [0.05, 0.1) is 12.0 Å². The first kappa shape index (κ1) is 28.9. The van der Waals surface area contributed by atoms with Crippen LogP contribution < -0.4 is 15.4 Å². The SMILES string of the molecule is O=C1CCNC(=O)C2(CCN(C(=O)CN3CCOC3=O)CC2)Cc2cccc(c2)Oc2ccc(cc2)C[C@@H](C(=O)O)N1. The summed E-state index contributed by atoms with van der Waals surface area (Å²) in [7, 11) is 0. The Balaban J connectivity index is 1.36. The van der Waals surface area contributed by atoms with E-state index in [1.54, 1.807) is 29.2 Å². The Kier molecular flexibility index (Phi) is 8.60. The molecule has 0 aliphatic carbocycles. The van der Waals surface area contributed by atoms with Gasteiger partial charge in [-0.05, 0) is 54.7 Å². The number of ether oxygens (including phenoxy) is 2. The lowest BCUT2D eigenvalue weighted by atomic mass is 9.73. The molecule has 0 radical (unpaired) electrons. The van der Waals surface area contributed by atoms with E-state index in [4.69, 9.17) is 9.47 Å². The van der Waals surface area contributed by atoms with E-state index < -0.39 is 29.4 Å². The van der Waals surface area contributed by atoms with Crippen molar-refractivity contribution in [3.8, 4) is 11.5 Å². The summed E-state index contributed by atoms with van der Waals surface area (Å²) in [5, 5.41) is 15.1. The van der Waals surface area contributed by atoms with E-state index in [-0.39, 0.29) is 44.4 Å². The van der Waals surface area contributed by atoms with Crippen molar-refractivity contribution in [2.24, 2.45) is 5.41 Å². The van der Waals surface area contributed by atoms with Crippen LogP contribution in [0.4, 0.5) is 4.79 Å². The van der Waals surface area contributed by atoms with Crippen molar-refractivity contribution in [3.63, 3.8) is 0 Å². The minimum Gasteiger partial charge on any atom is -0.480 e. The van der Waals surface area contributed by atoms with Crippen LogP contribution in [0.3, 0.4) is 0 Å². The van der Waals surface area contributed by atoms with Gasteiger partial charge >= 0.3 is 12.1 Å². The van der Waals surface area contributed by atoms with Gasteiger partial charge in [-0.2, -0.15) is 0 Å². The highest BCUT2D eigenvalue weighted by Gasteiger charge is 2.42. The molecular formula is C30H34N4O8. The average molecular weight is 579 g/mol. The first-order valence-corrected chi connectivity index (χ1v) is 14.1. The van der Waals surface area contributed by atoms with Crippen molar-refractivity contribution >= 4 is 29.8 Å². The maximum Gasteiger partial charge on any atom is 0.410 e. The van der Waals surface area contributed by atoms with Gasteiger partial charge in [0.15, 0.2) is 0 Å². The topological polar surface area (TPSA) is 155 Å². The molecule has 2 saturated heterocycles. The van der Waals surface area contributed by atoms with Crippen LogP contribution in [0, 0.1) is 5.41 Å². The third-order valence-corrected chi connectivity index (χ3v) is 8.04. The monoisotopic (exact) mass is 578 g/mol. The molecule has 222 valence electrons. The molecule has 4 aliphatic rings. The second-order valence-corrected chi connectivity index (χ2v) is 10.9. The number of likely N-dealkylation sites (tertiary alicyclic amines) is 1. The van der Waals surface area contributed by atoms with Crippen molar-refractivity contribution in [1.29, 1.82) is 0 Å². The van der Waals surface area contributed by atoms with Gasteiger partial charge in [-0.25, -0.2) is 9.59 Å². The van der Waals surface area contributed by atoms with Crippen LogP contribution in [0.25, 0.3) is 0 Å². The maximum atomic E-state index is 13.7. The Morgan fingerprint density at radius 3 is 2.43 bits per heavy atom. The summed E-state index contributed by atoms with van der Waals surface area (Å²) in [6.45, 7) is 1.27. The van der Waals surface area contributed by atoms with Crippen LogP contribution in [-0.2, 0) is 36.8 Å². The third kappa shape index (κ3) is 6.81. The van der Waals surface area contributed by atoms with E-state index in [2.05, 4.69) is 10.6 Å². The smallest absolute Gasteiger partial charge is 0.410 e. The number of aliphatic carboxylic acids is 1. The number of fused-ring (bicyclic) bond motifs is 9. The predicted octanol–water partition coefficient (Wildman–Crippen LogP) is 1.71. The number of carboxylic acids is 1. The second-order valence-electron chi connectivity index (χ2n) is 10.9. The van der Waals surface area contributed by atoms with E-state index >= 15 is 0 Å². The number of hydrogen-bond donors (Lipinski definition) is 3. The maximum absolute atomic E-state index is 13.7. The summed E-state index contributed by atoms with van der Waals surface area (Å²) in [5.74, 6) is -0.906. The Morgan fingerprint density at radius 1 is 0.976 bits per heavy atom. The number of rotatable bonds is 3. The average Bonchev–Trinajstić information content (AvgIpc) is 3.37. The molecule has 42 heavy (non-hydrogen) atoms. The fraction of sp³-hybridized carbons (Fsp3) is 0.433. The molecule has 2 aromatic rings. The quantitative estimate of drug-likeness (QED) is 0.498. The number of nitrogens with one attached hydrogen (secondary N) is 2. The summed E-state index contributed by atoms with van der Waals surface area (Å²) >= 11 is 0. The Morgan fingerprint density at radius 2 is 1.74 bits per heavy atom. The Labute approximate surface area is 242 Å². The molecule has 0 saturated carbocycles. The van der Waals surface area contributed by atoms with Crippen molar-refractivity contribution in [2.45, 2.75) is 38.1 Å². The third-order valence-electron chi connectivity index (χ3n) is 8.04. The fourth-order valence-corrected chi connectivity index (χ4v) is 5.62. The zero-order chi connectivity index (χ0) is 29.7. The summed E-state index contributed by atoms with van der Waals surface area (Å²) in [4.78, 5) is 65.8. The highest BCUT2D eigenvalue weighted by atomic mass is 16.6. The van der Waals surface area contributed by atoms with Gasteiger partial charge in [-0.3, -0.25) is 19.3 Å². The highest BCUT2D eigenvalue weighted by molar-refractivity contribution is 5.87. The van der Waals surface area contributed by atoms with Gasteiger partial charge in [0, 0.05) is 32.5 Å². The van der Waals surface area contributed by atoms with Crippen molar-refractivity contribution in [1.82, 2.24) is 20.4 Å². The van der Waals surface area contributed by atoms with Crippen LogP contribution in [0.2, 0.25) is 0 Å². The zero-order valence-electron chi connectivity index (χ0n) is 23.2. The van der Waals surface area contributed by atoms with Crippen LogP contribution in [0.1, 0.15) is 30.4 Å². The molecule has 12 heteroatoms. The molecule has 4 heterocycles. The summed E-state index contributed by atoms with van der Waals surface area (Å²) < 4.78 is 11.0. The van der Waals surface area contributed by atoms with Gasteiger partial charge in [-0.15, -0.1) is 0 Å². The molecule has 4 aliphatic heterocycles. The minimum absolute atomic E-state index is 0.0380. The number of hydrogen-bond acceptors (Lipinski definition) is 7. The zero-order valence-corrected chi connectivity index (χ0v) is 23.2. The number of piperidine rings is 1. The molecule has 1 spiro atoms. The summed E-state index contributed by atoms with van der Waals surface area (Å²) in [6, 6.07) is 13.4. The Bertz CT molecular complexity index is 1350. The number of carbonyl (C=O) groups is 5. The molecule has 3 N–H and O–H groups in total. The largest absolute Gasteiger partial charge is 0.480 e. The molecule has 2 fully saturated rings. The van der Waals surface area contributed by atoms with Crippen molar-refractivity contribution in [2.75, 3.05) is 39.3 Å². The van der Waals surface area contributed by atoms with E-state index in [1.807, 2.05) is 24.3 Å². The highest BCUT2D eigenvalue weighted by Crippen LogP contribution is 2.37. The molecule has 0 aromatic heterocycles. The number of carboxylic acid groups (broad SMARTS) is 1. The van der Waals surface area contributed by atoms with E-state index in [0.717, 1.165) is 11.1 Å². The minimum atomic E-state index is -1.15. The van der Waals surface area contributed by atoms with E-state index in [9.17, 15) is 29.1 Å². The molecular weight excluding hydrogens is 544 g/mol. The van der Waals surface area contributed by atoms with E-state index in [1.165, 1.54) is 4.90 Å². The molecule has 2 aromatic carbocycles. The molecule has 4 bridgehead atoms. The van der Waals surface area contributed by atoms with Crippen LogP contribution in [0.15, 0.2) is 48.5 Å².